The van der Waals surface area contributed by atoms with Gasteiger partial charge in [-0.25, -0.2) is 0 Å². The van der Waals surface area contributed by atoms with Crippen molar-refractivity contribution in [1.29, 1.82) is 0 Å². The van der Waals surface area contributed by atoms with Crippen LogP contribution in [-0.2, 0) is 10.2 Å². The monoisotopic (exact) mass is 277 g/mol. The van der Waals surface area contributed by atoms with E-state index in [1.165, 1.54) is 0 Å². The quantitative estimate of drug-likeness (QED) is 0.759. The predicted molar refractivity (Wildman–Crippen MR) is 74.6 cm³/mol. The van der Waals surface area contributed by atoms with Crippen molar-refractivity contribution < 1.29 is 8.42 Å². The van der Waals surface area contributed by atoms with Crippen LogP contribution in [0.3, 0.4) is 0 Å². The molecule has 5 nitrogen and oxygen atoms in total. The molecule has 1 aliphatic rings. The smallest absolute Gasteiger partial charge is 0.279 e. The topological polar surface area (TPSA) is 61.4 Å². The van der Waals surface area contributed by atoms with Crippen molar-refractivity contribution in [2.24, 2.45) is 5.92 Å². The number of hydrogen-bond acceptors (Lipinski definition) is 3. The molecule has 18 heavy (non-hydrogen) atoms. The van der Waals surface area contributed by atoms with E-state index in [0.717, 1.165) is 19.4 Å². The molecular weight excluding hydrogens is 250 g/mol. The Balaban J connectivity index is 2.52. The number of hydrogen-bond donors (Lipinski definition) is 2. The van der Waals surface area contributed by atoms with Crippen molar-refractivity contribution in [2.45, 2.75) is 52.6 Å². The summed E-state index contributed by atoms with van der Waals surface area (Å²) in [4.78, 5) is 0. The van der Waals surface area contributed by atoms with Crippen molar-refractivity contribution in [1.82, 2.24) is 14.3 Å². The molecule has 1 fully saturated rings. The van der Waals surface area contributed by atoms with Crippen molar-refractivity contribution in [3.8, 4) is 0 Å². The SMILES string of the molecule is CC(C)NCC1CCCN(S(=O)(=O)NC(C)C)C1. The molecule has 1 atom stereocenters. The second-order valence-electron chi connectivity index (χ2n) is 5.71. The minimum absolute atomic E-state index is 0.0517. The lowest BCUT2D eigenvalue weighted by molar-refractivity contribution is 0.253. The average Bonchev–Trinajstić information content (AvgIpc) is 2.25. The molecule has 1 aliphatic heterocycles. The van der Waals surface area contributed by atoms with Gasteiger partial charge in [0.15, 0.2) is 0 Å². The van der Waals surface area contributed by atoms with Crippen LogP contribution in [0.15, 0.2) is 0 Å². The van der Waals surface area contributed by atoms with Crippen LogP contribution >= 0.6 is 0 Å². The fourth-order valence-electron chi connectivity index (χ4n) is 2.19. The maximum Gasteiger partial charge on any atom is 0.279 e. The zero-order valence-electron chi connectivity index (χ0n) is 11.9. The van der Waals surface area contributed by atoms with Crippen molar-refractivity contribution in [3.05, 3.63) is 0 Å². The van der Waals surface area contributed by atoms with E-state index >= 15 is 0 Å². The summed E-state index contributed by atoms with van der Waals surface area (Å²) in [5, 5.41) is 3.39. The number of rotatable bonds is 6. The molecule has 1 unspecified atom stereocenters. The van der Waals surface area contributed by atoms with Gasteiger partial charge in [-0.1, -0.05) is 13.8 Å². The first kappa shape index (κ1) is 15.9. The Bertz CT molecular complexity index is 341. The first-order chi connectivity index (χ1) is 8.31. The highest BCUT2D eigenvalue weighted by Crippen LogP contribution is 2.18. The van der Waals surface area contributed by atoms with Crippen LogP contribution in [0.1, 0.15) is 40.5 Å². The third kappa shape index (κ3) is 5.22. The lowest BCUT2D eigenvalue weighted by Crippen LogP contribution is -2.49. The summed E-state index contributed by atoms with van der Waals surface area (Å²) in [5.41, 5.74) is 0. The predicted octanol–water partition coefficient (Wildman–Crippen LogP) is 0.939. The maximum absolute atomic E-state index is 12.1. The summed E-state index contributed by atoms with van der Waals surface area (Å²) in [6.07, 6.45) is 2.05. The van der Waals surface area contributed by atoms with Crippen LogP contribution < -0.4 is 10.0 Å². The summed E-state index contributed by atoms with van der Waals surface area (Å²) >= 11 is 0. The molecule has 2 N–H and O–H groups in total. The average molecular weight is 277 g/mol. The van der Waals surface area contributed by atoms with Crippen molar-refractivity contribution in [3.63, 3.8) is 0 Å². The van der Waals surface area contributed by atoms with Crippen LogP contribution in [0.5, 0.6) is 0 Å². The molecule has 1 heterocycles. The lowest BCUT2D eigenvalue weighted by Gasteiger charge is -2.32. The number of nitrogens with one attached hydrogen (secondary N) is 2. The first-order valence-electron chi connectivity index (χ1n) is 6.82. The van der Waals surface area contributed by atoms with Crippen molar-refractivity contribution in [2.75, 3.05) is 19.6 Å². The standard InChI is InChI=1S/C12H27N3O2S/c1-10(2)13-8-12-6-5-7-15(9-12)18(16,17)14-11(3)4/h10-14H,5-9H2,1-4H3. The van der Waals surface area contributed by atoms with E-state index in [9.17, 15) is 8.42 Å². The lowest BCUT2D eigenvalue weighted by atomic mass is 9.99. The van der Waals surface area contributed by atoms with Gasteiger partial charge < -0.3 is 5.32 Å². The largest absolute Gasteiger partial charge is 0.314 e. The molecule has 1 rings (SSSR count). The van der Waals surface area contributed by atoms with E-state index in [2.05, 4.69) is 23.9 Å². The first-order valence-corrected chi connectivity index (χ1v) is 8.26. The minimum atomic E-state index is -3.30. The summed E-state index contributed by atoms with van der Waals surface area (Å²) in [6.45, 7) is 10.1. The molecule has 6 heteroatoms. The molecule has 0 aromatic carbocycles. The van der Waals surface area contributed by atoms with Crippen LogP contribution in [-0.4, -0.2) is 44.4 Å². The maximum atomic E-state index is 12.1. The Morgan fingerprint density at radius 1 is 1.22 bits per heavy atom. The molecular formula is C12H27N3O2S. The van der Waals surface area contributed by atoms with E-state index in [-0.39, 0.29) is 6.04 Å². The van der Waals surface area contributed by atoms with Gasteiger partial charge in [-0.2, -0.15) is 17.4 Å². The summed E-state index contributed by atoms with van der Waals surface area (Å²) in [7, 11) is -3.30. The van der Waals surface area contributed by atoms with Crippen LogP contribution in [0.4, 0.5) is 0 Å². The van der Waals surface area contributed by atoms with Gasteiger partial charge in [-0.3, -0.25) is 0 Å². The highest BCUT2D eigenvalue weighted by Gasteiger charge is 2.28. The van der Waals surface area contributed by atoms with Gasteiger partial charge in [-0.05, 0) is 39.2 Å². The molecule has 0 bridgehead atoms. The Morgan fingerprint density at radius 3 is 2.44 bits per heavy atom. The zero-order chi connectivity index (χ0) is 13.8. The van der Waals surface area contributed by atoms with Gasteiger partial charge >= 0.3 is 0 Å². The molecule has 0 saturated carbocycles. The highest BCUT2D eigenvalue weighted by molar-refractivity contribution is 7.87. The normalized spacial score (nSPS) is 22.9. The second-order valence-corrected chi connectivity index (χ2v) is 7.41. The van der Waals surface area contributed by atoms with Crippen molar-refractivity contribution >= 4 is 10.2 Å². The van der Waals surface area contributed by atoms with Gasteiger partial charge in [-0.15, -0.1) is 0 Å². The fourth-order valence-corrected chi connectivity index (χ4v) is 3.71. The van der Waals surface area contributed by atoms with E-state index in [0.29, 0.717) is 25.0 Å². The van der Waals surface area contributed by atoms with Crippen LogP contribution in [0.25, 0.3) is 0 Å². The molecule has 1 saturated heterocycles. The molecule has 0 spiro atoms. The second kappa shape index (κ2) is 6.84. The number of nitrogens with zero attached hydrogens (tertiary/aromatic N) is 1. The Morgan fingerprint density at radius 2 is 1.89 bits per heavy atom. The number of piperidine rings is 1. The van der Waals surface area contributed by atoms with Gasteiger partial charge in [0, 0.05) is 25.2 Å². The zero-order valence-corrected chi connectivity index (χ0v) is 12.8. The molecule has 0 amide bonds. The Hall–Kier alpha value is -0.170. The van der Waals surface area contributed by atoms with E-state index in [1.54, 1.807) is 4.31 Å². The van der Waals surface area contributed by atoms with Gasteiger partial charge in [0.25, 0.3) is 10.2 Å². The summed E-state index contributed by atoms with van der Waals surface area (Å²) in [5.74, 6) is 0.421. The summed E-state index contributed by atoms with van der Waals surface area (Å²) < 4.78 is 28.4. The molecule has 0 aromatic heterocycles. The third-order valence-electron chi connectivity index (χ3n) is 3.02. The third-order valence-corrected chi connectivity index (χ3v) is 4.80. The summed E-state index contributed by atoms with van der Waals surface area (Å²) in [6, 6.07) is 0.398. The fraction of sp³-hybridized carbons (Fsp3) is 1.00. The molecule has 108 valence electrons. The van der Waals surface area contributed by atoms with E-state index < -0.39 is 10.2 Å². The van der Waals surface area contributed by atoms with Crippen LogP contribution in [0.2, 0.25) is 0 Å². The van der Waals surface area contributed by atoms with Gasteiger partial charge in [0.1, 0.15) is 0 Å². The van der Waals surface area contributed by atoms with E-state index in [1.807, 2.05) is 13.8 Å². The Labute approximate surface area is 112 Å². The van der Waals surface area contributed by atoms with Gasteiger partial charge in [0.05, 0.1) is 0 Å². The van der Waals surface area contributed by atoms with Gasteiger partial charge in [0.2, 0.25) is 0 Å². The minimum Gasteiger partial charge on any atom is -0.314 e. The van der Waals surface area contributed by atoms with Crippen LogP contribution in [0, 0.1) is 5.92 Å². The molecule has 0 aliphatic carbocycles. The van der Waals surface area contributed by atoms with E-state index in [4.69, 9.17) is 0 Å². The Kier molecular flexibility index (Phi) is 6.04. The molecule has 0 aromatic rings. The molecule has 0 radical (unpaired) electrons. The highest BCUT2D eigenvalue weighted by atomic mass is 32.2.